The number of rotatable bonds is 2. The van der Waals surface area contributed by atoms with E-state index in [1.54, 1.807) is 34.6 Å². The van der Waals surface area contributed by atoms with Crippen molar-refractivity contribution in [3.05, 3.63) is 0 Å². The van der Waals surface area contributed by atoms with Crippen LogP contribution >= 0.6 is 0 Å². The molecule has 22 heavy (non-hydrogen) atoms. The smallest absolute Gasteiger partial charge is 0.318 e. The molecule has 6 nitrogen and oxygen atoms in total. The lowest BCUT2D eigenvalue weighted by molar-refractivity contribution is -0.243. The van der Waals surface area contributed by atoms with Crippen LogP contribution in [0, 0.1) is 23.2 Å². The van der Waals surface area contributed by atoms with Crippen LogP contribution in [0.1, 0.15) is 47.5 Å². The van der Waals surface area contributed by atoms with Crippen molar-refractivity contribution in [3.63, 3.8) is 0 Å². The molecule has 1 unspecified atom stereocenters. The third-order valence-corrected chi connectivity index (χ3v) is 5.06. The van der Waals surface area contributed by atoms with Gasteiger partial charge in [0.15, 0.2) is 0 Å². The van der Waals surface area contributed by atoms with Gasteiger partial charge in [0, 0.05) is 12.3 Å². The van der Waals surface area contributed by atoms with Gasteiger partial charge in [-0.3, -0.25) is 9.59 Å². The molecule has 6 heteroatoms. The van der Waals surface area contributed by atoms with Crippen molar-refractivity contribution in [3.8, 4) is 0 Å². The van der Waals surface area contributed by atoms with E-state index in [4.69, 9.17) is 14.2 Å². The molecule has 3 fully saturated rings. The normalized spacial score (nSPS) is 43.4. The summed E-state index contributed by atoms with van der Waals surface area (Å²) >= 11 is 0. The Morgan fingerprint density at radius 1 is 1.41 bits per heavy atom. The molecule has 0 aromatic rings. The summed E-state index contributed by atoms with van der Waals surface area (Å²) in [4.78, 5) is 24.6. The lowest BCUT2D eigenvalue weighted by Gasteiger charge is -2.34. The average Bonchev–Trinajstić information content (AvgIpc) is 2.99. The van der Waals surface area contributed by atoms with Gasteiger partial charge in [0.1, 0.15) is 5.92 Å². The molecular formula is C16H24O6. The number of fused-ring (bicyclic) bond motifs is 5. The molecule has 0 radical (unpaired) electrons. The first-order chi connectivity index (χ1) is 10.0. The number of esters is 2. The van der Waals surface area contributed by atoms with Gasteiger partial charge in [0.25, 0.3) is 0 Å². The summed E-state index contributed by atoms with van der Waals surface area (Å²) in [6.45, 7) is 8.86. The molecule has 3 heterocycles. The van der Waals surface area contributed by atoms with Gasteiger partial charge in [-0.15, -0.1) is 0 Å². The summed E-state index contributed by atoms with van der Waals surface area (Å²) in [5.41, 5.74) is -0.689. The van der Waals surface area contributed by atoms with Gasteiger partial charge in [0.2, 0.25) is 11.6 Å². The van der Waals surface area contributed by atoms with E-state index in [9.17, 15) is 14.7 Å². The van der Waals surface area contributed by atoms with Gasteiger partial charge in [0.05, 0.1) is 17.4 Å². The predicted molar refractivity (Wildman–Crippen MR) is 75.2 cm³/mol. The molecule has 0 saturated carbocycles. The highest BCUT2D eigenvalue weighted by Gasteiger charge is 2.75. The van der Waals surface area contributed by atoms with Crippen LogP contribution in [-0.4, -0.2) is 34.7 Å². The van der Waals surface area contributed by atoms with E-state index in [1.807, 2.05) is 0 Å². The Balaban J connectivity index is 1.93. The molecule has 3 aliphatic heterocycles. The zero-order valence-corrected chi connectivity index (χ0v) is 13.7. The highest BCUT2D eigenvalue weighted by atomic mass is 16.7. The topological polar surface area (TPSA) is 82.1 Å². The molecule has 0 aliphatic carbocycles. The van der Waals surface area contributed by atoms with Crippen LogP contribution in [0.15, 0.2) is 0 Å². The van der Waals surface area contributed by atoms with Crippen molar-refractivity contribution in [2.75, 3.05) is 0 Å². The molecule has 0 aromatic heterocycles. The number of aliphatic hydroxyl groups is 1. The quantitative estimate of drug-likeness (QED) is 0.780. The van der Waals surface area contributed by atoms with Crippen LogP contribution in [0.25, 0.3) is 0 Å². The van der Waals surface area contributed by atoms with E-state index < -0.39 is 40.8 Å². The Kier molecular flexibility index (Phi) is 3.18. The Hall–Kier alpha value is -1.14. The van der Waals surface area contributed by atoms with Crippen molar-refractivity contribution in [2.24, 2.45) is 23.2 Å². The molecule has 1 N–H and O–H groups in total. The SMILES string of the molecule is CC(C)C1(O)OC(=O)[C@@H]2[C@H]1[C@H]1CC[C@]2(OC(=O)C(C)(C)C)O1. The number of carbonyl (C=O) groups is 2. The second kappa shape index (κ2) is 4.45. The van der Waals surface area contributed by atoms with Gasteiger partial charge in [-0.2, -0.15) is 0 Å². The van der Waals surface area contributed by atoms with Crippen molar-refractivity contribution in [1.29, 1.82) is 0 Å². The van der Waals surface area contributed by atoms with Gasteiger partial charge in [-0.25, -0.2) is 0 Å². The third kappa shape index (κ3) is 1.93. The summed E-state index contributed by atoms with van der Waals surface area (Å²) in [6.07, 6.45) is 0.783. The molecule has 3 aliphatic rings. The van der Waals surface area contributed by atoms with E-state index >= 15 is 0 Å². The van der Waals surface area contributed by atoms with E-state index in [1.165, 1.54) is 0 Å². The highest BCUT2D eigenvalue weighted by molar-refractivity contribution is 5.80. The number of ether oxygens (including phenoxy) is 3. The summed E-state index contributed by atoms with van der Waals surface area (Å²) in [7, 11) is 0. The summed E-state index contributed by atoms with van der Waals surface area (Å²) in [5.74, 6) is -5.28. The monoisotopic (exact) mass is 312 g/mol. The maximum Gasteiger partial charge on any atom is 0.318 e. The van der Waals surface area contributed by atoms with Crippen molar-refractivity contribution in [1.82, 2.24) is 0 Å². The summed E-state index contributed by atoms with van der Waals surface area (Å²) < 4.78 is 16.8. The van der Waals surface area contributed by atoms with Crippen LogP contribution in [-0.2, 0) is 23.8 Å². The molecule has 124 valence electrons. The third-order valence-electron chi connectivity index (χ3n) is 5.06. The molecule has 2 bridgehead atoms. The largest absolute Gasteiger partial charge is 0.432 e. The lowest BCUT2D eigenvalue weighted by atomic mass is 9.72. The predicted octanol–water partition coefficient (Wildman–Crippen LogP) is 1.60. The zero-order chi connectivity index (χ0) is 16.5. The van der Waals surface area contributed by atoms with Crippen LogP contribution in [0.4, 0.5) is 0 Å². The molecule has 3 saturated heterocycles. The fourth-order valence-corrected chi connectivity index (χ4v) is 3.76. The summed E-state index contributed by atoms with van der Waals surface area (Å²) in [5, 5.41) is 10.8. The molecule has 3 rings (SSSR count). The minimum absolute atomic E-state index is 0.259. The van der Waals surface area contributed by atoms with Crippen LogP contribution in [0.3, 0.4) is 0 Å². The van der Waals surface area contributed by atoms with E-state index in [2.05, 4.69) is 0 Å². The fourth-order valence-electron chi connectivity index (χ4n) is 3.76. The Bertz CT molecular complexity index is 521. The minimum atomic E-state index is -1.55. The Morgan fingerprint density at radius 2 is 2.05 bits per heavy atom. The number of cyclic esters (lactones) is 1. The maximum absolute atomic E-state index is 12.3. The van der Waals surface area contributed by atoms with Gasteiger partial charge in [-0.1, -0.05) is 13.8 Å². The first-order valence-corrected chi connectivity index (χ1v) is 7.88. The molecule has 5 atom stereocenters. The Morgan fingerprint density at radius 3 is 2.59 bits per heavy atom. The fraction of sp³-hybridized carbons (Fsp3) is 0.875. The highest BCUT2D eigenvalue weighted by Crippen LogP contribution is 2.60. The molecular weight excluding hydrogens is 288 g/mol. The first kappa shape index (κ1) is 15.7. The second-order valence-corrected chi connectivity index (χ2v) is 7.98. The number of carbonyl (C=O) groups excluding carboxylic acids is 2. The van der Waals surface area contributed by atoms with Crippen LogP contribution in [0.5, 0.6) is 0 Å². The van der Waals surface area contributed by atoms with Crippen molar-refractivity contribution >= 4 is 11.9 Å². The maximum atomic E-state index is 12.3. The zero-order valence-electron chi connectivity index (χ0n) is 13.7. The number of hydrogen-bond acceptors (Lipinski definition) is 6. The minimum Gasteiger partial charge on any atom is -0.432 e. The van der Waals surface area contributed by atoms with E-state index in [0.717, 1.165) is 0 Å². The lowest BCUT2D eigenvalue weighted by Crippen LogP contribution is -2.49. The van der Waals surface area contributed by atoms with Crippen molar-refractivity contribution in [2.45, 2.75) is 65.1 Å². The van der Waals surface area contributed by atoms with Crippen LogP contribution in [0.2, 0.25) is 0 Å². The van der Waals surface area contributed by atoms with Crippen LogP contribution < -0.4 is 0 Å². The van der Waals surface area contributed by atoms with Gasteiger partial charge < -0.3 is 19.3 Å². The first-order valence-electron chi connectivity index (χ1n) is 7.88. The van der Waals surface area contributed by atoms with Gasteiger partial charge in [-0.05, 0) is 27.2 Å². The second-order valence-electron chi connectivity index (χ2n) is 7.98. The molecule has 0 aromatic carbocycles. The van der Waals surface area contributed by atoms with E-state index in [0.29, 0.717) is 12.8 Å². The van der Waals surface area contributed by atoms with E-state index in [-0.39, 0.29) is 12.0 Å². The van der Waals surface area contributed by atoms with Crippen molar-refractivity contribution < 1.29 is 28.9 Å². The standard InChI is InChI=1S/C16H24O6/c1-8(2)16(19)10-9-6-7-15(20-9,11(10)12(17)21-16)22-13(18)14(3,4)5/h8-11,19H,6-7H2,1-5H3/t9-,10-,11+,15-,16?/m1/s1. The molecule has 0 spiro atoms. The summed E-state index contributed by atoms with van der Waals surface area (Å²) in [6, 6.07) is 0. The Labute approximate surface area is 130 Å². The number of hydrogen-bond donors (Lipinski definition) is 1. The van der Waals surface area contributed by atoms with Gasteiger partial charge >= 0.3 is 11.9 Å². The molecule has 0 amide bonds. The average molecular weight is 312 g/mol.